The Labute approximate surface area is 121 Å². The number of anilines is 1. The van der Waals surface area contributed by atoms with Gasteiger partial charge in [0.05, 0.1) is 0 Å². The van der Waals surface area contributed by atoms with Gasteiger partial charge in [-0.3, -0.25) is 0 Å². The van der Waals surface area contributed by atoms with Crippen LogP contribution in [-0.4, -0.2) is 23.8 Å². The topological polar surface area (TPSA) is 61.4 Å². The molecule has 0 saturated heterocycles. The molecule has 4 nitrogen and oxygen atoms in total. The smallest absolute Gasteiger partial charge is 0.319 e. The lowest BCUT2D eigenvalue weighted by Crippen LogP contribution is -2.36. The summed E-state index contributed by atoms with van der Waals surface area (Å²) < 4.78 is 0. The van der Waals surface area contributed by atoms with Gasteiger partial charge in [0.2, 0.25) is 0 Å². The van der Waals surface area contributed by atoms with Crippen LogP contribution in [0.5, 0.6) is 0 Å². The molecule has 0 aliphatic rings. The fourth-order valence-electron chi connectivity index (χ4n) is 1.91. The zero-order valence-electron chi connectivity index (χ0n) is 12.9. The van der Waals surface area contributed by atoms with E-state index in [0.29, 0.717) is 6.42 Å². The molecule has 20 heavy (non-hydrogen) atoms. The van der Waals surface area contributed by atoms with Crippen molar-refractivity contribution >= 4 is 11.7 Å². The molecule has 4 heteroatoms. The summed E-state index contributed by atoms with van der Waals surface area (Å²) in [5, 5.41) is 14.4. The molecular weight excluding hydrogens is 252 g/mol. The quantitative estimate of drug-likeness (QED) is 0.774. The summed E-state index contributed by atoms with van der Waals surface area (Å²) >= 11 is 0. The van der Waals surface area contributed by atoms with Crippen molar-refractivity contribution in [2.75, 3.05) is 11.9 Å². The Hall–Kier alpha value is -1.55. The highest BCUT2D eigenvalue weighted by Crippen LogP contribution is 2.23. The SMILES string of the molecule is CC(CCCO)NC(=O)Nc1ccc(C(C)(C)C)cc1. The normalized spacial score (nSPS) is 12.8. The third-order valence-electron chi connectivity index (χ3n) is 3.18. The predicted octanol–water partition coefficient (Wildman–Crippen LogP) is 3.27. The van der Waals surface area contributed by atoms with Gasteiger partial charge in [0, 0.05) is 18.3 Å². The van der Waals surface area contributed by atoms with Gasteiger partial charge in [-0.15, -0.1) is 0 Å². The molecule has 0 saturated carbocycles. The number of aliphatic hydroxyl groups is 1. The summed E-state index contributed by atoms with van der Waals surface area (Å²) in [6.45, 7) is 8.56. The molecule has 1 aromatic rings. The van der Waals surface area contributed by atoms with Gasteiger partial charge in [0.15, 0.2) is 0 Å². The summed E-state index contributed by atoms with van der Waals surface area (Å²) in [6, 6.07) is 7.74. The van der Waals surface area contributed by atoms with Crippen LogP contribution in [0.3, 0.4) is 0 Å². The molecule has 2 amide bonds. The van der Waals surface area contributed by atoms with Crippen LogP contribution < -0.4 is 10.6 Å². The van der Waals surface area contributed by atoms with E-state index in [1.165, 1.54) is 5.56 Å². The van der Waals surface area contributed by atoms with E-state index in [0.717, 1.165) is 12.1 Å². The number of hydrogen-bond acceptors (Lipinski definition) is 2. The van der Waals surface area contributed by atoms with Crippen molar-refractivity contribution in [1.29, 1.82) is 0 Å². The van der Waals surface area contributed by atoms with Crippen molar-refractivity contribution < 1.29 is 9.90 Å². The fourth-order valence-corrected chi connectivity index (χ4v) is 1.91. The lowest BCUT2D eigenvalue weighted by molar-refractivity contribution is 0.245. The third kappa shape index (κ3) is 5.61. The average molecular weight is 278 g/mol. The lowest BCUT2D eigenvalue weighted by atomic mass is 9.87. The zero-order chi connectivity index (χ0) is 15.2. The molecule has 1 atom stereocenters. The first kappa shape index (κ1) is 16.5. The monoisotopic (exact) mass is 278 g/mol. The van der Waals surface area contributed by atoms with Crippen LogP contribution in [0.1, 0.15) is 46.1 Å². The zero-order valence-corrected chi connectivity index (χ0v) is 12.9. The first-order chi connectivity index (χ1) is 9.32. The van der Waals surface area contributed by atoms with E-state index in [-0.39, 0.29) is 24.1 Å². The van der Waals surface area contributed by atoms with E-state index in [1.807, 2.05) is 31.2 Å². The minimum Gasteiger partial charge on any atom is -0.396 e. The number of carbonyl (C=O) groups is 1. The van der Waals surface area contributed by atoms with E-state index in [1.54, 1.807) is 0 Å². The maximum absolute atomic E-state index is 11.8. The van der Waals surface area contributed by atoms with Gasteiger partial charge < -0.3 is 15.7 Å². The number of benzene rings is 1. The van der Waals surface area contributed by atoms with Crippen molar-refractivity contribution in [3.8, 4) is 0 Å². The second-order valence-corrected chi connectivity index (χ2v) is 6.19. The highest BCUT2D eigenvalue weighted by Gasteiger charge is 2.13. The van der Waals surface area contributed by atoms with E-state index in [9.17, 15) is 4.79 Å². The van der Waals surface area contributed by atoms with Gasteiger partial charge in [-0.05, 0) is 42.9 Å². The molecule has 1 aromatic carbocycles. The Morgan fingerprint density at radius 1 is 1.25 bits per heavy atom. The Bertz CT molecular complexity index is 421. The van der Waals surface area contributed by atoms with Gasteiger partial charge >= 0.3 is 6.03 Å². The second kappa shape index (κ2) is 7.29. The molecule has 1 rings (SSSR count). The van der Waals surface area contributed by atoms with Crippen LogP contribution in [-0.2, 0) is 5.41 Å². The standard InChI is InChI=1S/C16H26N2O2/c1-12(6-5-11-19)17-15(20)18-14-9-7-13(8-10-14)16(2,3)4/h7-10,12,19H,5-6,11H2,1-4H3,(H2,17,18,20). The number of aliphatic hydroxyl groups excluding tert-OH is 1. The van der Waals surface area contributed by atoms with Crippen LogP contribution in [0.4, 0.5) is 10.5 Å². The summed E-state index contributed by atoms with van der Waals surface area (Å²) in [4.78, 5) is 11.8. The molecule has 1 unspecified atom stereocenters. The van der Waals surface area contributed by atoms with Gasteiger partial charge in [-0.25, -0.2) is 4.79 Å². The first-order valence-corrected chi connectivity index (χ1v) is 7.12. The van der Waals surface area contributed by atoms with Crippen LogP contribution in [0.15, 0.2) is 24.3 Å². The molecule has 0 aliphatic heterocycles. The number of rotatable bonds is 5. The van der Waals surface area contributed by atoms with Crippen molar-refractivity contribution in [2.24, 2.45) is 0 Å². The maximum atomic E-state index is 11.8. The maximum Gasteiger partial charge on any atom is 0.319 e. The molecule has 0 aromatic heterocycles. The van der Waals surface area contributed by atoms with Gasteiger partial charge in [-0.2, -0.15) is 0 Å². The number of urea groups is 1. The number of hydrogen-bond donors (Lipinski definition) is 3. The molecule has 0 spiro atoms. The summed E-state index contributed by atoms with van der Waals surface area (Å²) in [5.74, 6) is 0. The van der Waals surface area contributed by atoms with Crippen LogP contribution in [0.25, 0.3) is 0 Å². The molecule has 0 radical (unpaired) electrons. The van der Waals surface area contributed by atoms with Gasteiger partial charge in [-0.1, -0.05) is 32.9 Å². The minimum atomic E-state index is -0.209. The Kier molecular flexibility index (Phi) is 6.02. The first-order valence-electron chi connectivity index (χ1n) is 7.12. The highest BCUT2D eigenvalue weighted by atomic mass is 16.3. The molecule has 112 valence electrons. The molecular formula is C16H26N2O2. The Balaban J connectivity index is 2.50. The van der Waals surface area contributed by atoms with Crippen LogP contribution in [0, 0.1) is 0 Å². The van der Waals surface area contributed by atoms with Crippen molar-refractivity contribution in [3.63, 3.8) is 0 Å². The van der Waals surface area contributed by atoms with Crippen molar-refractivity contribution in [2.45, 2.75) is 52.0 Å². The molecule has 0 aliphatic carbocycles. The van der Waals surface area contributed by atoms with Crippen molar-refractivity contribution in [1.82, 2.24) is 5.32 Å². The fraction of sp³-hybridized carbons (Fsp3) is 0.562. The van der Waals surface area contributed by atoms with E-state index in [4.69, 9.17) is 5.11 Å². The largest absolute Gasteiger partial charge is 0.396 e. The lowest BCUT2D eigenvalue weighted by Gasteiger charge is -2.19. The van der Waals surface area contributed by atoms with Gasteiger partial charge in [0.1, 0.15) is 0 Å². The number of nitrogens with one attached hydrogen (secondary N) is 2. The van der Waals surface area contributed by atoms with E-state index in [2.05, 4.69) is 31.4 Å². The van der Waals surface area contributed by atoms with Gasteiger partial charge in [0.25, 0.3) is 0 Å². The predicted molar refractivity (Wildman–Crippen MR) is 83.1 cm³/mol. The number of amides is 2. The molecule has 0 heterocycles. The minimum absolute atomic E-state index is 0.0519. The number of carbonyl (C=O) groups excluding carboxylic acids is 1. The average Bonchev–Trinajstić information content (AvgIpc) is 2.35. The van der Waals surface area contributed by atoms with E-state index >= 15 is 0 Å². The molecule has 0 fully saturated rings. The van der Waals surface area contributed by atoms with Crippen LogP contribution in [0.2, 0.25) is 0 Å². The highest BCUT2D eigenvalue weighted by molar-refractivity contribution is 5.89. The molecule has 0 bridgehead atoms. The van der Waals surface area contributed by atoms with E-state index < -0.39 is 0 Å². The summed E-state index contributed by atoms with van der Waals surface area (Å²) in [7, 11) is 0. The Morgan fingerprint density at radius 3 is 2.35 bits per heavy atom. The molecule has 3 N–H and O–H groups in total. The Morgan fingerprint density at radius 2 is 1.85 bits per heavy atom. The second-order valence-electron chi connectivity index (χ2n) is 6.19. The third-order valence-corrected chi connectivity index (χ3v) is 3.18. The summed E-state index contributed by atoms with van der Waals surface area (Å²) in [5.41, 5.74) is 2.13. The van der Waals surface area contributed by atoms with Crippen molar-refractivity contribution in [3.05, 3.63) is 29.8 Å². The summed E-state index contributed by atoms with van der Waals surface area (Å²) in [6.07, 6.45) is 1.47. The van der Waals surface area contributed by atoms with Crippen LogP contribution >= 0.6 is 0 Å².